The first-order valence-electron chi connectivity index (χ1n) is 4.60. The van der Waals surface area contributed by atoms with Crippen molar-refractivity contribution < 1.29 is 14.3 Å². The molecule has 2 atom stereocenters. The Bertz CT molecular complexity index is 182. The highest BCUT2D eigenvalue weighted by Crippen LogP contribution is 2.13. The second-order valence-electron chi connectivity index (χ2n) is 3.53. The minimum Gasteiger partial charge on any atom is -0.468 e. The Kier molecular flexibility index (Phi) is 3.69. The van der Waals surface area contributed by atoms with Gasteiger partial charge in [0.25, 0.3) is 0 Å². The molecule has 0 amide bonds. The number of hydrogen-bond donors (Lipinski definition) is 1. The molecule has 2 unspecified atom stereocenters. The van der Waals surface area contributed by atoms with Gasteiger partial charge in [-0.3, -0.25) is 4.79 Å². The molecule has 1 heterocycles. The van der Waals surface area contributed by atoms with E-state index in [-0.39, 0.29) is 24.2 Å². The van der Waals surface area contributed by atoms with Crippen molar-refractivity contribution in [2.75, 3.05) is 13.7 Å². The monoisotopic (exact) mass is 187 g/mol. The third kappa shape index (κ3) is 2.97. The molecular weight excluding hydrogens is 170 g/mol. The first-order chi connectivity index (χ1) is 6.13. The second-order valence-corrected chi connectivity index (χ2v) is 3.53. The van der Waals surface area contributed by atoms with Gasteiger partial charge < -0.3 is 14.8 Å². The van der Waals surface area contributed by atoms with E-state index in [1.165, 1.54) is 7.11 Å². The minimum atomic E-state index is -0.199. The number of nitrogens with one attached hydrogen (secondary N) is 1. The number of ether oxygens (including phenoxy) is 2. The van der Waals surface area contributed by atoms with Crippen molar-refractivity contribution >= 4 is 5.97 Å². The van der Waals surface area contributed by atoms with Gasteiger partial charge in [0.05, 0.1) is 19.3 Å². The van der Waals surface area contributed by atoms with E-state index in [1.807, 2.05) is 13.8 Å². The highest BCUT2D eigenvalue weighted by Gasteiger charge is 2.30. The van der Waals surface area contributed by atoms with E-state index in [4.69, 9.17) is 4.74 Å². The highest BCUT2D eigenvalue weighted by molar-refractivity contribution is 5.76. The van der Waals surface area contributed by atoms with Gasteiger partial charge in [-0.1, -0.05) is 0 Å². The maximum absolute atomic E-state index is 11.1. The van der Waals surface area contributed by atoms with Gasteiger partial charge >= 0.3 is 5.97 Å². The maximum Gasteiger partial charge on any atom is 0.322 e. The summed E-state index contributed by atoms with van der Waals surface area (Å²) in [5.74, 6) is -0.199. The molecule has 1 fully saturated rings. The van der Waals surface area contributed by atoms with Crippen LogP contribution in [0.4, 0.5) is 0 Å². The van der Waals surface area contributed by atoms with Crippen LogP contribution in [0.5, 0.6) is 0 Å². The summed E-state index contributed by atoms with van der Waals surface area (Å²) in [4.78, 5) is 11.1. The normalized spacial score (nSPS) is 28.0. The van der Waals surface area contributed by atoms with Crippen LogP contribution in [-0.4, -0.2) is 37.9 Å². The van der Waals surface area contributed by atoms with Gasteiger partial charge in [-0.2, -0.15) is 0 Å². The molecule has 1 aliphatic rings. The number of esters is 1. The summed E-state index contributed by atoms with van der Waals surface area (Å²) in [6.07, 6.45) is 1.07. The fraction of sp³-hybridized carbons (Fsp3) is 0.889. The summed E-state index contributed by atoms with van der Waals surface area (Å²) in [5, 5.41) is 3.06. The van der Waals surface area contributed by atoms with E-state index in [1.54, 1.807) is 0 Å². The lowest BCUT2D eigenvalue weighted by molar-refractivity contribution is -0.143. The summed E-state index contributed by atoms with van der Waals surface area (Å²) in [6, 6.07) is -0.186. The van der Waals surface area contributed by atoms with E-state index in [2.05, 4.69) is 10.1 Å². The van der Waals surface area contributed by atoms with E-state index in [0.29, 0.717) is 6.42 Å². The van der Waals surface area contributed by atoms with Crippen LogP contribution in [0, 0.1) is 0 Å². The molecular formula is C9H17NO3. The van der Waals surface area contributed by atoms with Crippen molar-refractivity contribution in [3.8, 4) is 0 Å². The van der Waals surface area contributed by atoms with Crippen LogP contribution in [0.15, 0.2) is 0 Å². The van der Waals surface area contributed by atoms with E-state index in [9.17, 15) is 4.79 Å². The molecule has 0 aliphatic carbocycles. The van der Waals surface area contributed by atoms with Crippen molar-refractivity contribution in [2.45, 2.75) is 38.5 Å². The van der Waals surface area contributed by atoms with Crippen LogP contribution in [0.2, 0.25) is 0 Å². The molecule has 0 bridgehead atoms. The van der Waals surface area contributed by atoms with Crippen molar-refractivity contribution in [2.24, 2.45) is 0 Å². The Balaban J connectivity index is 2.32. The number of hydrogen-bond acceptors (Lipinski definition) is 4. The molecule has 0 radical (unpaired) electrons. The smallest absolute Gasteiger partial charge is 0.322 e. The van der Waals surface area contributed by atoms with E-state index in [0.717, 1.165) is 6.54 Å². The highest BCUT2D eigenvalue weighted by atomic mass is 16.5. The predicted octanol–water partition coefficient (Wildman–Crippen LogP) is 0.315. The standard InChI is InChI=1S/C9H17NO3/c1-6(2)13-7-4-8(10-5-7)9(11)12-3/h6-8,10H,4-5H2,1-3H3. The Labute approximate surface area is 78.6 Å². The molecule has 4 nitrogen and oxygen atoms in total. The molecule has 4 heteroatoms. The molecule has 0 aromatic rings. The van der Waals surface area contributed by atoms with Gasteiger partial charge in [0.2, 0.25) is 0 Å². The van der Waals surface area contributed by atoms with Crippen molar-refractivity contribution in [3.63, 3.8) is 0 Å². The summed E-state index contributed by atoms with van der Waals surface area (Å²) < 4.78 is 10.2. The Hall–Kier alpha value is -0.610. The molecule has 0 saturated carbocycles. The van der Waals surface area contributed by atoms with Gasteiger partial charge in [-0.15, -0.1) is 0 Å². The van der Waals surface area contributed by atoms with Crippen LogP contribution in [-0.2, 0) is 14.3 Å². The fourth-order valence-corrected chi connectivity index (χ4v) is 1.51. The predicted molar refractivity (Wildman–Crippen MR) is 48.4 cm³/mol. The third-order valence-corrected chi connectivity index (χ3v) is 2.04. The lowest BCUT2D eigenvalue weighted by Gasteiger charge is -2.13. The number of carbonyl (C=O) groups excluding carboxylic acids is 1. The van der Waals surface area contributed by atoms with Gasteiger partial charge in [0.1, 0.15) is 6.04 Å². The number of methoxy groups -OCH3 is 1. The van der Waals surface area contributed by atoms with Gasteiger partial charge in [-0.05, 0) is 13.8 Å². The summed E-state index contributed by atoms with van der Waals surface area (Å²) >= 11 is 0. The molecule has 1 saturated heterocycles. The average molecular weight is 187 g/mol. The summed E-state index contributed by atoms with van der Waals surface area (Å²) in [6.45, 7) is 4.72. The van der Waals surface area contributed by atoms with Crippen molar-refractivity contribution in [1.82, 2.24) is 5.32 Å². The van der Waals surface area contributed by atoms with Crippen LogP contribution >= 0.6 is 0 Å². The van der Waals surface area contributed by atoms with Crippen molar-refractivity contribution in [3.05, 3.63) is 0 Å². The van der Waals surface area contributed by atoms with Crippen molar-refractivity contribution in [1.29, 1.82) is 0 Å². The molecule has 0 spiro atoms. The molecule has 76 valence electrons. The zero-order valence-electron chi connectivity index (χ0n) is 8.37. The van der Waals surface area contributed by atoms with Gasteiger partial charge in [0, 0.05) is 13.0 Å². The van der Waals surface area contributed by atoms with Crippen LogP contribution in [0.1, 0.15) is 20.3 Å². The zero-order chi connectivity index (χ0) is 9.84. The summed E-state index contributed by atoms with van der Waals surface area (Å²) in [5.41, 5.74) is 0. The Morgan fingerprint density at radius 3 is 2.77 bits per heavy atom. The third-order valence-electron chi connectivity index (χ3n) is 2.04. The second kappa shape index (κ2) is 4.58. The molecule has 1 rings (SSSR count). The molecule has 0 aromatic heterocycles. The van der Waals surface area contributed by atoms with Gasteiger partial charge in [0.15, 0.2) is 0 Å². The van der Waals surface area contributed by atoms with E-state index >= 15 is 0 Å². The first kappa shape index (κ1) is 10.5. The molecule has 1 aliphatic heterocycles. The van der Waals surface area contributed by atoms with Crippen LogP contribution in [0.25, 0.3) is 0 Å². The number of carbonyl (C=O) groups is 1. The lowest BCUT2D eigenvalue weighted by Crippen LogP contribution is -2.31. The molecule has 1 N–H and O–H groups in total. The first-order valence-corrected chi connectivity index (χ1v) is 4.60. The summed E-state index contributed by atoms with van der Waals surface area (Å²) in [7, 11) is 1.40. The quantitative estimate of drug-likeness (QED) is 0.646. The van der Waals surface area contributed by atoms with Crippen LogP contribution in [0.3, 0.4) is 0 Å². The largest absolute Gasteiger partial charge is 0.468 e. The topological polar surface area (TPSA) is 47.6 Å². The minimum absolute atomic E-state index is 0.143. The van der Waals surface area contributed by atoms with E-state index < -0.39 is 0 Å². The Morgan fingerprint density at radius 1 is 1.54 bits per heavy atom. The SMILES string of the molecule is COC(=O)C1CC(OC(C)C)CN1. The number of rotatable bonds is 3. The fourth-order valence-electron chi connectivity index (χ4n) is 1.51. The Morgan fingerprint density at radius 2 is 2.23 bits per heavy atom. The van der Waals surface area contributed by atoms with Crippen LogP contribution < -0.4 is 5.32 Å². The lowest BCUT2D eigenvalue weighted by atomic mass is 10.2. The zero-order valence-corrected chi connectivity index (χ0v) is 8.37. The molecule has 13 heavy (non-hydrogen) atoms. The van der Waals surface area contributed by atoms with Gasteiger partial charge in [-0.25, -0.2) is 0 Å². The average Bonchev–Trinajstić information content (AvgIpc) is 2.50. The maximum atomic E-state index is 11.1. The molecule has 0 aromatic carbocycles.